The highest BCUT2D eigenvalue weighted by atomic mass is 19.4. The summed E-state index contributed by atoms with van der Waals surface area (Å²) in [6.45, 7) is 1.39. The number of carboxylic acid groups (broad SMARTS) is 2. The van der Waals surface area contributed by atoms with Crippen LogP contribution in [0.3, 0.4) is 0 Å². The minimum atomic E-state index is -5.08. The van der Waals surface area contributed by atoms with Crippen LogP contribution in [0.2, 0.25) is 0 Å². The van der Waals surface area contributed by atoms with Crippen molar-refractivity contribution in [3.05, 3.63) is 124 Å². The highest BCUT2D eigenvalue weighted by Gasteiger charge is 2.39. The molecule has 0 radical (unpaired) electrons. The molecule has 4 aromatic carbocycles. The summed E-state index contributed by atoms with van der Waals surface area (Å²) in [6, 6.07) is 25.7. The molecule has 2 aliphatic rings. The molecule has 1 aliphatic heterocycles. The van der Waals surface area contributed by atoms with Crippen LogP contribution in [0.15, 0.2) is 91.0 Å². The summed E-state index contributed by atoms with van der Waals surface area (Å²) in [5, 5.41) is 35.4. The van der Waals surface area contributed by atoms with E-state index in [1.807, 2.05) is 41.3 Å². The maximum atomic E-state index is 13.5. The van der Waals surface area contributed by atoms with Gasteiger partial charge in [-0.05, 0) is 97.0 Å². The second-order valence-corrected chi connectivity index (χ2v) is 15.4. The Morgan fingerprint density at radius 3 is 1.77 bits per heavy atom. The van der Waals surface area contributed by atoms with Crippen molar-refractivity contribution in [3.63, 3.8) is 0 Å². The van der Waals surface area contributed by atoms with Crippen LogP contribution in [-0.2, 0) is 38.8 Å². The van der Waals surface area contributed by atoms with Crippen LogP contribution >= 0.6 is 0 Å². The number of alkyl halides is 6. The first-order valence-corrected chi connectivity index (χ1v) is 20.9. The Labute approximate surface area is 394 Å². The standard InChI is InChI=1S/C41H45N9O6.2C2HF3O2/c42-33(2-1-19-45-41(43)44)39(54)47-22-26-5-3-25(4-6-26)21-46-37(52)28-11-14-31(15-12-28)48-38(53)29-9-7-27(8-10-29)23-50(32-16-17-32)40(55)30-13-18-34-35(20-30)56-24-36(51)49-34;2*3-2(4,5)1(6)7/h3-15,18,20,32-33H,1-2,16-17,19,21-24,42H2,(H,46,52)(H,47,54)(H,48,53)(H,49,51)(H4,43,44,45);2*(H,6,7)/t33-;;/m0../s1. The van der Waals surface area contributed by atoms with E-state index in [4.69, 9.17) is 41.4 Å². The van der Waals surface area contributed by atoms with Gasteiger partial charge in [-0.25, -0.2) is 9.59 Å². The van der Waals surface area contributed by atoms with E-state index in [9.17, 15) is 50.3 Å². The summed E-state index contributed by atoms with van der Waals surface area (Å²) < 4.78 is 69.0. The summed E-state index contributed by atoms with van der Waals surface area (Å²) in [4.78, 5) is 82.9. The van der Waals surface area contributed by atoms with Gasteiger partial charge < -0.3 is 57.9 Å². The van der Waals surface area contributed by atoms with Gasteiger partial charge in [0.25, 0.3) is 23.6 Å². The molecule has 5 amide bonds. The number of benzene rings is 4. The lowest BCUT2D eigenvalue weighted by Gasteiger charge is -2.24. The average molecular weight is 988 g/mol. The first kappa shape index (κ1) is 54.4. The molecule has 25 heteroatoms. The van der Waals surface area contributed by atoms with Gasteiger partial charge in [0.2, 0.25) is 5.91 Å². The number of nitrogens with one attached hydrogen (secondary N) is 6. The molecule has 6 rings (SSSR count). The fraction of sp³-hybridized carbons (Fsp3) is 0.289. The van der Waals surface area contributed by atoms with E-state index in [0.717, 1.165) is 29.5 Å². The predicted molar refractivity (Wildman–Crippen MR) is 238 cm³/mol. The molecule has 70 heavy (non-hydrogen) atoms. The Balaban J connectivity index is 0.000000664. The maximum absolute atomic E-state index is 13.5. The second-order valence-electron chi connectivity index (χ2n) is 15.4. The molecular formula is C45H47F6N9O10. The zero-order valence-corrected chi connectivity index (χ0v) is 36.7. The number of fused-ring (bicyclic) bond motifs is 1. The van der Waals surface area contributed by atoms with Crippen molar-refractivity contribution in [2.45, 2.75) is 69.8 Å². The second kappa shape index (κ2) is 24.7. The molecule has 19 nitrogen and oxygen atoms in total. The van der Waals surface area contributed by atoms with Crippen molar-refractivity contribution in [1.82, 2.24) is 20.9 Å². The number of carboxylic acids is 2. The van der Waals surface area contributed by atoms with Gasteiger partial charge in [0.1, 0.15) is 5.75 Å². The Morgan fingerprint density at radius 2 is 1.24 bits per heavy atom. The number of amides is 5. The molecule has 1 aliphatic carbocycles. The molecule has 0 bridgehead atoms. The van der Waals surface area contributed by atoms with Crippen LogP contribution in [0.5, 0.6) is 5.75 Å². The fourth-order valence-electron chi connectivity index (χ4n) is 6.05. The van der Waals surface area contributed by atoms with E-state index in [1.165, 1.54) is 0 Å². The SMILES string of the molecule is N=C(N)NCCC[C@H](N)C(=O)NCc1ccc(CNC(=O)c2ccc(NC(=O)c3ccc(CN(C(=O)c4ccc5c(c4)OCC(=O)N5)C4CC4)cc3)cc2)cc1.O=C(O)C(F)(F)F.O=C(O)C(F)(F)F. The number of hydrogen-bond acceptors (Lipinski definition) is 10. The van der Waals surface area contributed by atoms with Crippen LogP contribution in [0.1, 0.15) is 73.4 Å². The summed E-state index contributed by atoms with van der Waals surface area (Å²) in [7, 11) is 0. The molecule has 1 heterocycles. The Hall–Kier alpha value is -8.22. The molecule has 4 aromatic rings. The zero-order chi connectivity index (χ0) is 51.8. The summed E-state index contributed by atoms with van der Waals surface area (Å²) in [5.74, 6) is -6.36. The number of carbonyl (C=O) groups excluding carboxylic acids is 5. The van der Waals surface area contributed by atoms with Gasteiger partial charge in [-0.3, -0.25) is 29.4 Å². The first-order valence-electron chi connectivity index (χ1n) is 20.9. The lowest BCUT2D eigenvalue weighted by Crippen LogP contribution is -2.41. The van der Waals surface area contributed by atoms with E-state index >= 15 is 0 Å². The van der Waals surface area contributed by atoms with Crippen molar-refractivity contribution in [2.24, 2.45) is 11.5 Å². The van der Waals surface area contributed by atoms with Gasteiger partial charge in [0, 0.05) is 54.6 Å². The molecule has 12 N–H and O–H groups in total. The Kier molecular flexibility index (Phi) is 19.2. The molecule has 0 aromatic heterocycles. The van der Waals surface area contributed by atoms with Crippen LogP contribution in [-0.4, -0.2) is 100 Å². The fourth-order valence-corrected chi connectivity index (χ4v) is 6.05. The highest BCUT2D eigenvalue weighted by molar-refractivity contribution is 6.05. The van der Waals surface area contributed by atoms with Gasteiger partial charge >= 0.3 is 24.3 Å². The lowest BCUT2D eigenvalue weighted by atomic mass is 10.1. The van der Waals surface area contributed by atoms with E-state index in [0.29, 0.717) is 72.8 Å². The number of anilines is 2. The molecule has 0 spiro atoms. The number of guanidine groups is 1. The van der Waals surface area contributed by atoms with Gasteiger partial charge in [0.15, 0.2) is 12.6 Å². The quantitative estimate of drug-likeness (QED) is 0.0321. The number of rotatable bonds is 16. The van der Waals surface area contributed by atoms with Gasteiger partial charge in [-0.1, -0.05) is 36.4 Å². The van der Waals surface area contributed by atoms with Crippen molar-refractivity contribution >= 4 is 58.8 Å². The molecule has 0 saturated heterocycles. The summed E-state index contributed by atoms with van der Waals surface area (Å²) in [5.41, 5.74) is 16.3. The molecule has 1 atom stereocenters. The minimum Gasteiger partial charge on any atom is -0.482 e. The number of ether oxygens (including phenoxy) is 1. The van der Waals surface area contributed by atoms with Gasteiger partial charge in [-0.15, -0.1) is 0 Å². The smallest absolute Gasteiger partial charge is 0.482 e. The van der Waals surface area contributed by atoms with E-state index in [2.05, 4.69) is 26.6 Å². The molecule has 1 saturated carbocycles. The number of halogens is 6. The van der Waals surface area contributed by atoms with Crippen LogP contribution in [0.25, 0.3) is 0 Å². The Morgan fingerprint density at radius 1 is 0.743 bits per heavy atom. The van der Waals surface area contributed by atoms with Gasteiger partial charge in [0.05, 0.1) is 11.7 Å². The number of hydrogen-bond donors (Lipinski definition) is 10. The third-order valence-corrected chi connectivity index (χ3v) is 9.86. The van der Waals surface area contributed by atoms with Crippen molar-refractivity contribution in [1.29, 1.82) is 5.41 Å². The molecular weight excluding hydrogens is 941 g/mol. The zero-order valence-electron chi connectivity index (χ0n) is 36.7. The average Bonchev–Trinajstić information content (AvgIpc) is 4.16. The third-order valence-electron chi connectivity index (χ3n) is 9.86. The van der Waals surface area contributed by atoms with Crippen molar-refractivity contribution in [3.8, 4) is 5.75 Å². The van der Waals surface area contributed by atoms with Crippen LogP contribution in [0.4, 0.5) is 37.7 Å². The predicted octanol–water partition coefficient (Wildman–Crippen LogP) is 4.48. The summed E-state index contributed by atoms with van der Waals surface area (Å²) in [6.07, 6.45) is -7.25. The molecule has 1 fully saturated rings. The molecule has 374 valence electrons. The van der Waals surface area contributed by atoms with Gasteiger partial charge in [-0.2, -0.15) is 26.3 Å². The van der Waals surface area contributed by atoms with Crippen LogP contribution < -0.4 is 42.8 Å². The highest BCUT2D eigenvalue weighted by Crippen LogP contribution is 2.33. The Bertz CT molecular complexity index is 2500. The number of nitrogens with two attached hydrogens (primary N) is 2. The van der Waals surface area contributed by atoms with Crippen molar-refractivity contribution < 1.29 is 74.9 Å². The summed E-state index contributed by atoms with van der Waals surface area (Å²) >= 11 is 0. The van der Waals surface area contributed by atoms with E-state index in [-0.39, 0.29) is 48.1 Å². The first-order chi connectivity index (χ1) is 32.9. The maximum Gasteiger partial charge on any atom is 0.490 e. The molecule has 0 unspecified atom stereocenters. The third kappa shape index (κ3) is 17.8. The van der Waals surface area contributed by atoms with E-state index in [1.54, 1.807) is 54.6 Å². The topological polar surface area (TPSA) is 308 Å². The monoisotopic (exact) mass is 987 g/mol. The van der Waals surface area contributed by atoms with Crippen molar-refractivity contribution in [2.75, 3.05) is 23.8 Å². The number of aliphatic carboxylic acids is 2. The lowest BCUT2D eigenvalue weighted by molar-refractivity contribution is -0.193. The number of nitrogens with zero attached hydrogens (tertiary/aromatic N) is 1. The number of carbonyl (C=O) groups is 7. The normalized spacial score (nSPS) is 13.1. The van der Waals surface area contributed by atoms with Crippen LogP contribution in [0, 0.1) is 5.41 Å². The van der Waals surface area contributed by atoms with E-state index < -0.39 is 30.3 Å². The largest absolute Gasteiger partial charge is 0.490 e. The minimum absolute atomic E-state index is 0.0910.